The van der Waals surface area contributed by atoms with Crippen molar-refractivity contribution in [3.05, 3.63) is 48.4 Å². The maximum absolute atomic E-state index is 12.4. The number of benzene rings is 1. The van der Waals surface area contributed by atoms with Gasteiger partial charge in [0, 0.05) is 18.7 Å². The lowest BCUT2D eigenvalue weighted by molar-refractivity contribution is -0.120. The third-order valence-corrected chi connectivity index (χ3v) is 5.72. The van der Waals surface area contributed by atoms with E-state index in [1.54, 1.807) is 36.1 Å². The Bertz CT molecular complexity index is 907. The van der Waals surface area contributed by atoms with Crippen molar-refractivity contribution in [1.82, 2.24) is 10.0 Å². The maximum Gasteiger partial charge on any atom is 0.241 e. The second-order valence-corrected chi connectivity index (χ2v) is 8.04. The van der Waals surface area contributed by atoms with Gasteiger partial charge < -0.3 is 14.6 Å². The predicted octanol–water partition coefficient (Wildman–Crippen LogP) is 1.56. The summed E-state index contributed by atoms with van der Waals surface area (Å²) < 4.78 is 32.2. The van der Waals surface area contributed by atoms with Crippen molar-refractivity contribution in [2.75, 3.05) is 18.0 Å². The van der Waals surface area contributed by atoms with Crippen LogP contribution in [0, 0.1) is 0 Å². The van der Waals surface area contributed by atoms with Crippen LogP contribution in [-0.4, -0.2) is 33.3 Å². The Kier molecular flexibility index (Phi) is 5.62. The predicted molar refractivity (Wildman–Crippen MR) is 98.5 cm³/mol. The Hall–Kier alpha value is -2.65. The van der Waals surface area contributed by atoms with E-state index in [0.29, 0.717) is 24.4 Å². The summed E-state index contributed by atoms with van der Waals surface area (Å²) in [5.41, 5.74) is 0.668. The zero-order valence-electron chi connectivity index (χ0n) is 14.8. The number of amides is 2. The second kappa shape index (κ2) is 7.93. The molecule has 3 rings (SSSR count). The van der Waals surface area contributed by atoms with Crippen LogP contribution in [0.15, 0.2) is 52.0 Å². The van der Waals surface area contributed by atoms with Gasteiger partial charge in [-0.05, 0) is 49.7 Å². The molecule has 27 heavy (non-hydrogen) atoms. The molecule has 8 nitrogen and oxygen atoms in total. The molecule has 0 spiro atoms. The summed E-state index contributed by atoms with van der Waals surface area (Å²) >= 11 is 0. The molecule has 2 N–H and O–H groups in total. The lowest BCUT2D eigenvalue weighted by atomic mass is 10.2. The number of carbonyl (C=O) groups is 2. The van der Waals surface area contributed by atoms with E-state index in [9.17, 15) is 18.0 Å². The minimum Gasteiger partial charge on any atom is -0.467 e. The number of rotatable bonds is 7. The molecule has 1 fully saturated rings. The number of carbonyl (C=O) groups excluding carboxylic acids is 2. The molecule has 0 unspecified atom stereocenters. The quantitative estimate of drug-likeness (QED) is 0.745. The third kappa shape index (κ3) is 4.55. The monoisotopic (exact) mass is 391 g/mol. The Morgan fingerprint density at radius 2 is 2.00 bits per heavy atom. The SMILES string of the molecule is C[C@H](NC(=O)CNS(=O)(=O)c1ccc(N2CCCC2=O)cc1)c1ccco1. The van der Waals surface area contributed by atoms with Gasteiger partial charge in [0.05, 0.1) is 23.7 Å². The highest BCUT2D eigenvalue weighted by Crippen LogP contribution is 2.22. The summed E-state index contributed by atoms with van der Waals surface area (Å²) in [4.78, 5) is 25.4. The summed E-state index contributed by atoms with van der Waals surface area (Å²) in [6, 6.07) is 9.10. The lowest BCUT2D eigenvalue weighted by Gasteiger charge is -2.16. The molecule has 2 heterocycles. The summed E-state index contributed by atoms with van der Waals surface area (Å²) in [5.74, 6) is 0.145. The fourth-order valence-electron chi connectivity index (χ4n) is 2.87. The van der Waals surface area contributed by atoms with Crippen LogP contribution in [0.2, 0.25) is 0 Å². The molecule has 144 valence electrons. The topological polar surface area (TPSA) is 109 Å². The molecule has 1 aromatic carbocycles. The number of hydrogen-bond acceptors (Lipinski definition) is 5. The molecule has 9 heteroatoms. The number of sulfonamides is 1. The fourth-order valence-corrected chi connectivity index (χ4v) is 3.85. The average molecular weight is 391 g/mol. The molecule has 1 atom stereocenters. The summed E-state index contributed by atoms with van der Waals surface area (Å²) in [7, 11) is -3.84. The Labute approximate surface area is 157 Å². The minimum atomic E-state index is -3.84. The third-order valence-electron chi connectivity index (χ3n) is 4.30. The lowest BCUT2D eigenvalue weighted by Crippen LogP contribution is -2.37. The van der Waals surface area contributed by atoms with E-state index in [-0.39, 0.29) is 23.4 Å². The molecule has 1 aliphatic heterocycles. The maximum atomic E-state index is 12.4. The van der Waals surface area contributed by atoms with Crippen molar-refractivity contribution >= 4 is 27.5 Å². The number of furan rings is 1. The van der Waals surface area contributed by atoms with E-state index < -0.39 is 15.9 Å². The van der Waals surface area contributed by atoms with E-state index in [2.05, 4.69) is 10.0 Å². The standard InChI is InChI=1S/C18H21N3O5S/c1-13(16-4-3-11-26-16)20-17(22)12-19-27(24,25)15-8-6-14(7-9-15)21-10-2-5-18(21)23/h3-4,6-9,11,13,19H,2,5,10,12H2,1H3,(H,20,22)/t13-/m0/s1. The molecule has 0 saturated carbocycles. The highest BCUT2D eigenvalue weighted by atomic mass is 32.2. The van der Waals surface area contributed by atoms with Crippen LogP contribution < -0.4 is 14.9 Å². The van der Waals surface area contributed by atoms with Gasteiger partial charge in [0.15, 0.2) is 0 Å². The molecular formula is C18H21N3O5S. The zero-order chi connectivity index (χ0) is 19.4. The molecule has 0 bridgehead atoms. The Morgan fingerprint density at radius 3 is 2.59 bits per heavy atom. The molecule has 0 aliphatic carbocycles. The average Bonchev–Trinajstić information content (AvgIpc) is 3.32. The summed E-state index contributed by atoms with van der Waals surface area (Å²) in [6.45, 7) is 1.99. The molecule has 2 amide bonds. The van der Waals surface area contributed by atoms with Crippen LogP contribution in [0.25, 0.3) is 0 Å². The first kappa shape index (κ1) is 19.1. The minimum absolute atomic E-state index is 0.0322. The Balaban J connectivity index is 1.57. The molecular weight excluding hydrogens is 370 g/mol. The smallest absolute Gasteiger partial charge is 0.241 e. The normalized spacial score (nSPS) is 15.7. The highest BCUT2D eigenvalue weighted by Gasteiger charge is 2.23. The van der Waals surface area contributed by atoms with E-state index in [1.807, 2.05) is 0 Å². The van der Waals surface area contributed by atoms with E-state index in [0.717, 1.165) is 6.42 Å². The largest absolute Gasteiger partial charge is 0.467 e. The van der Waals surface area contributed by atoms with Gasteiger partial charge in [0.2, 0.25) is 21.8 Å². The van der Waals surface area contributed by atoms with Gasteiger partial charge in [-0.1, -0.05) is 0 Å². The van der Waals surface area contributed by atoms with Crippen molar-refractivity contribution in [3.63, 3.8) is 0 Å². The van der Waals surface area contributed by atoms with Gasteiger partial charge in [-0.2, -0.15) is 0 Å². The van der Waals surface area contributed by atoms with Crippen LogP contribution >= 0.6 is 0 Å². The van der Waals surface area contributed by atoms with Gasteiger partial charge in [0.1, 0.15) is 5.76 Å². The van der Waals surface area contributed by atoms with Gasteiger partial charge in [-0.3, -0.25) is 9.59 Å². The Morgan fingerprint density at radius 1 is 1.26 bits per heavy atom. The molecule has 1 aliphatic rings. The van der Waals surface area contributed by atoms with Crippen LogP contribution in [-0.2, 0) is 19.6 Å². The van der Waals surface area contributed by atoms with Crippen molar-refractivity contribution in [2.24, 2.45) is 0 Å². The first-order valence-electron chi connectivity index (χ1n) is 8.60. The zero-order valence-corrected chi connectivity index (χ0v) is 15.7. The van der Waals surface area contributed by atoms with Gasteiger partial charge in [-0.25, -0.2) is 13.1 Å². The van der Waals surface area contributed by atoms with Crippen molar-refractivity contribution in [1.29, 1.82) is 0 Å². The van der Waals surface area contributed by atoms with Gasteiger partial charge >= 0.3 is 0 Å². The second-order valence-electron chi connectivity index (χ2n) is 6.27. The van der Waals surface area contributed by atoms with E-state index >= 15 is 0 Å². The van der Waals surface area contributed by atoms with Crippen LogP contribution in [0.3, 0.4) is 0 Å². The fraction of sp³-hybridized carbons (Fsp3) is 0.333. The van der Waals surface area contributed by atoms with Crippen molar-refractivity contribution in [2.45, 2.75) is 30.7 Å². The number of nitrogens with one attached hydrogen (secondary N) is 2. The van der Waals surface area contributed by atoms with E-state index in [4.69, 9.17) is 4.42 Å². The highest BCUT2D eigenvalue weighted by molar-refractivity contribution is 7.89. The molecule has 1 saturated heterocycles. The van der Waals surface area contributed by atoms with Crippen LogP contribution in [0.4, 0.5) is 5.69 Å². The van der Waals surface area contributed by atoms with E-state index in [1.165, 1.54) is 18.4 Å². The first-order valence-corrected chi connectivity index (χ1v) is 10.1. The number of anilines is 1. The first-order chi connectivity index (χ1) is 12.9. The van der Waals surface area contributed by atoms with Crippen LogP contribution in [0.1, 0.15) is 31.6 Å². The van der Waals surface area contributed by atoms with Gasteiger partial charge in [0.25, 0.3) is 0 Å². The number of nitrogens with zero attached hydrogens (tertiary/aromatic N) is 1. The summed E-state index contributed by atoms with van der Waals surface area (Å²) in [6.07, 6.45) is 2.80. The number of hydrogen-bond donors (Lipinski definition) is 2. The van der Waals surface area contributed by atoms with Crippen molar-refractivity contribution < 1.29 is 22.4 Å². The molecule has 2 aromatic rings. The molecule has 0 radical (unpaired) electrons. The van der Waals surface area contributed by atoms with Crippen LogP contribution in [0.5, 0.6) is 0 Å². The molecule has 1 aromatic heterocycles. The van der Waals surface area contributed by atoms with Crippen molar-refractivity contribution in [3.8, 4) is 0 Å². The van der Waals surface area contributed by atoms with Gasteiger partial charge in [-0.15, -0.1) is 0 Å². The summed E-state index contributed by atoms with van der Waals surface area (Å²) in [5, 5.41) is 2.65.